The smallest absolute Gasteiger partial charge is 0.187 e. The highest BCUT2D eigenvalue weighted by Crippen LogP contribution is 2.52. The molecule has 1 saturated carbocycles. The predicted molar refractivity (Wildman–Crippen MR) is 90.3 cm³/mol. The fourth-order valence-electron chi connectivity index (χ4n) is 4.04. The number of aromatic nitrogens is 1. The Hall–Kier alpha value is -1.79. The Morgan fingerprint density at radius 3 is 2.95 bits per heavy atom. The lowest BCUT2D eigenvalue weighted by Gasteiger charge is -2.13. The van der Waals surface area contributed by atoms with Gasteiger partial charge in [0.25, 0.3) is 0 Å². The van der Waals surface area contributed by atoms with Gasteiger partial charge in [-0.05, 0) is 86.7 Å². The van der Waals surface area contributed by atoms with E-state index >= 15 is 0 Å². The van der Waals surface area contributed by atoms with Crippen molar-refractivity contribution in [2.45, 2.75) is 38.0 Å². The molecule has 2 atom stereocenters. The lowest BCUT2D eigenvalue weighted by molar-refractivity contribution is 0.326. The van der Waals surface area contributed by atoms with Crippen LogP contribution in [0.4, 0.5) is 5.69 Å². The summed E-state index contributed by atoms with van der Waals surface area (Å²) in [4.78, 5) is 9.55. The van der Waals surface area contributed by atoms with Crippen LogP contribution in [0, 0.1) is 12.5 Å². The maximum absolute atomic E-state index is 7.19. The average molecular weight is 293 g/mol. The summed E-state index contributed by atoms with van der Waals surface area (Å²) in [5.74, 6) is 1.58. The van der Waals surface area contributed by atoms with Crippen LogP contribution < -0.4 is 0 Å². The van der Waals surface area contributed by atoms with Gasteiger partial charge in [0.2, 0.25) is 0 Å². The topological polar surface area (TPSA) is 23.4 Å². The number of likely N-dealkylation sites (tertiary alicyclic amines) is 1. The molecule has 2 unspecified atom stereocenters. The van der Waals surface area contributed by atoms with Crippen molar-refractivity contribution in [3.8, 4) is 0 Å². The van der Waals surface area contributed by atoms with E-state index in [1.165, 1.54) is 68.2 Å². The molecule has 2 aromatic rings. The van der Waals surface area contributed by atoms with Crippen LogP contribution in [0.1, 0.15) is 43.6 Å². The van der Waals surface area contributed by atoms with Gasteiger partial charge in [-0.15, -0.1) is 0 Å². The Kier molecular flexibility index (Phi) is 3.63. The number of hydrogen-bond donors (Lipinski definition) is 1. The standard InChI is InChI=1S/C19H23N3/c1-20-15-6-7-19-17(12-15)18(13-21-19)16-11-14(16)5-4-10-22-8-2-3-9-22/h6-7,12-14,16,21H,2-5,8-11H2. The molecule has 0 spiro atoms. The molecule has 22 heavy (non-hydrogen) atoms. The summed E-state index contributed by atoms with van der Waals surface area (Å²) in [6.07, 6.45) is 8.99. The number of fused-ring (bicyclic) bond motifs is 1. The molecule has 1 aliphatic carbocycles. The highest BCUT2D eigenvalue weighted by Gasteiger charge is 2.38. The largest absolute Gasteiger partial charge is 0.361 e. The molecule has 3 heteroatoms. The van der Waals surface area contributed by atoms with Crippen molar-refractivity contribution >= 4 is 16.6 Å². The predicted octanol–water partition coefficient (Wildman–Crippen LogP) is 4.70. The van der Waals surface area contributed by atoms with Crippen LogP contribution >= 0.6 is 0 Å². The first-order valence-electron chi connectivity index (χ1n) is 8.56. The van der Waals surface area contributed by atoms with Gasteiger partial charge < -0.3 is 9.88 Å². The summed E-state index contributed by atoms with van der Waals surface area (Å²) in [6.45, 7) is 11.1. The molecule has 0 amide bonds. The summed E-state index contributed by atoms with van der Waals surface area (Å²) in [6, 6.07) is 5.99. The molecular formula is C19H23N3. The molecule has 0 radical (unpaired) electrons. The minimum atomic E-state index is 0.716. The van der Waals surface area contributed by atoms with Gasteiger partial charge in [-0.2, -0.15) is 0 Å². The molecule has 114 valence electrons. The summed E-state index contributed by atoms with van der Waals surface area (Å²) in [5, 5.41) is 1.26. The molecule has 2 fully saturated rings. The van der Waals surface area contributed by atoms with Crippen molar-refractivity contribution in [3.05, 3.63) is 41.4 Å². The maximum Gasteiger partial charge on any atom is 0.187 e. The van der Waals surface area contributed by atoms with Crippen molar-refractivity contribution in [1.29, 1.82) is 0 Å². The summed E-state index contributed by atoms with van der Waals surface area (Å²) in [5.41, 5.74) is 3.36. The Balaban J connectivity index is 1.38. The Bertz CT molecular complexity index is 703. The van der Waals surface area contributed by atoms with Gasteiger partial charge in [0, 0.05) is 11.7 Å². The number of nitrogens with zero attached hydrogens (tertiary/aromatic N) is 2. The molecule has 4 rings (SSSR count). The van der Waals surface area contributed by atoms with E-state index < -0.39 is 0 Å². The Labute approximate surface area is 132 Å². The molecule has 2 aliphatic rings. The number of H-pyrrole nitrogens is 1. The molecule has 1 saturated heterocycles. The highest BCUT2D eigenvalue weighted by molar-refractivity contribution is 5.87. The van der Waals surface area contributed by atoms with Crippen molar-refractivity contribution < 1.29 is 0 Å². The molecular weight excluding hydrogens is 270 g/mol. The first kappa shape index (κ1) is 13.8. The third kappa shape index (κ3) is 2.64. The van der Waals surface area contributed by atoms with Crippen LogP contribution in [0.5, 0.6) is 0 Å². The molecule has 1 N–H and O–H groups in total. The minimum absolute atomic E-state index is 0.716. The molecule has 1 aromatic heterocycles. The number of rotatable bonds is 5. The Morgan fingerprint density at radius 2 is 2.14 bits per heavy atom. The quantitative estimate of drug-likeness (QED) is 0.794. The van der Waals surface area contributed by atoms with Crippen LogP contribution in [-0.2, 0) is 0 Å². The third-order valence-corrected chi connectivity index (χ3v) is 5.40. The van der Waals surface area contributed by atoms with Gasteiger partial charge in [0.05, 0.1) is 6.57 Å². The van der Waals surface area contributed by atoms with Crippen LogP contribution in [0.2, 0.25) is 0 Å². The molecule has 0 bridgehead atoms. The second-order valence-electron chi connectivity index (χ2n) is 6.88. The Morgan fingerprint density at radius 1 is 1.27 bits per heavy atom. The van der Waals surface area contributed by atoms with Crippen molar-refractivity contribution in [2.75, 3.05) is 19.6 Å². The van der Waals surface area contributed by atoms with Crippen molar-refractivity contribution in [2.24, 2.45) is 5.92 Å². The van der Waals surface area contributed by atoms with Crippen LogP contribution in [-0.4, -0.2) is 29.5 Å². The van der Waals surface area contributed by atoms with E-state index in [1.807, 2.05) is 18.2 Å². The van der Waals surface area contributed by atoms with E-state index in [4.69, 9.17) is 6.57 Å². The number of nitrogens with one attached hydrogen (secondary N) is 1. The average Bonchev–Trinajstić information content (AvgIpc) is 2.97. The fraction of sp³-hybridized carbons (Fsp3) is 0.526. The normalized spacial score (nSPS) is 24.7. The second kappa shape index (κ2) is 5.78. The van der Waals surface area contributed by atoms with Gasteiger partial charge in [-0.1, -0.05) is 6.07 Å². The van der Waals surface area contributed by atoms with E-state index in [9.17, 15) is 0 Å². The van der Waals surface area contributed by atoms with Gasteiger partial charge >= 0.3 is 0 Å². The van der Waals surface area contributed by atoms with Crippen molar-refractivity contribution in [3.63, 3.8) is 0 Å². The molecule has 1 aliphatic heterocycles. The zero-order valence-electron chi connectivity index (χ0n) is 13.0. The third-order valence-electron chi connectivity index (χ3n) is 5.40. The molecule has 1 aromatic carbocycles. The van der Waals surface area contributed by atoms with Crippen LogP contribution in [0.3, 0.4) is 0 Å². The maximum atomic E-state index is 7.19. The zero-order valence-corrected chi connectivity index (χ0v) is 13.0. The van der Waals surface area contributed by atoms with Crippen LogP contribution in [0.15, 0.2) is 24.4 Å². The van der Waals surface area contributed by atoms with Gasteiger partial charge in [0.1, 0.15) is 0 Å². The second-order valence-corrected chi connectivity index (χ2v) is 6.88. The first-order chi connectivity index (χ1) is 10.8. The number of benzene rings is 1. The number of hydrogen-bond acceptors (Lipinski definition) is 1. The van der Waals surface area contributed by atoms with Gasteiger partial charge in [-0.25, -0.2) is 4.85 Å². The summed E-state index contributed by atoms with van der Waals surface area (Å²) < 4.78 is 0. The molecule has 3 nitrogen and oxygen atoms in total. The van der Waals surface area contributed by atoms with E-state index in [0.29, 0.717) is 5.92 Å². The summed E-state index contributed by atoms with van der Waals surface area (Å²) >= 11 is 0. The van der Waals surface area contributed by atoms with E-state index in [1.54, 1.807) is 0 Å². The van der Waals surface area contributed by atoms with Gasteiger partial charge in [0.15, 0.2) is 5.69 Å². The van der Waals surface area contributed by atoms with Crippen LogP contribution in [0.25, 0.3) is 15.7 Å². The van der Waals surface area contributed by atoms with Crippen molar-refractivity contribution in [1.82, 2.24) is 9.88 Å². The van der Waals surface area contributed by atoms with Gasteiger partial charge in [-0.3, -0.25) is 0 Å². The SMILES string of the molecule is [C-]#[N+]c1ccc2[nH]cc(C3CC3CCCN3CCCC3)c2c1. The number of aromatic amines is 1. The minimum Gasteiger partial charge on any atom is -0.361 e. The fourth-order valence-corrected chi connectivity index (χ4v) is 4.04. The highest BCUT2D eigenvalue weighted by atomic mass is 15.1. The zero-order chi connectivity index (χ0) is 14.9. The van der Waals surface area contributed by atoms with E-state index in [2.05, 4.69) is 20.9 Å². The van der Waals surface area contributed by atoms with E-state index in [-0.39, 0.29) is 0 Å². The molecule has 2 heterocycles. The lowest BCUT2D eigenvalue weighted by atomic mass is 10.1. The monoisotopic (exact) mass is 293 g/mol. The van der Waals surface area contributed by atoms with E-state index in [0.717, 1.165) is 11.6 Å². The summed E-state index contributed by atoms with van der Waals surface area (Å²) in [7, 11) is 0. The lowest BCUT2D eigenvalue weighted by Crippen LogP contribution is -2.20. The first-order valence-corrected chi connectivity index (χ1v) is 8.56.